The zero-order valence-corrected chi connectivity index (χ0v) is 32.5. The second-order valence-electron chi connectivity index (χ2n) is 13.6. The normalized spacial score (nSPS) is 13.8. The Morgan fingerprint density at radius 3 is 1.43 bits per heavy atom. The number of nitrogens with one attached hydrogen (secondary N) is 1. The Balaban J connectivity index is 4.06. The predicted molar refractivity (Wildman–Crippen MR) is 209 cm³/mol. The van der Waals surface area contributed by atoms with Crippen molar-refractivity contribution < 1.29 is 28.8 Å². The third kappa shape index (κ3) is 37.6. The summed E-state index contributed by atoms with van der Waals surface area (Å²) in [5.74, 6) is -0.249. The fourth-order valence-corrected chi connectivity index (χ4v) is 6.10. The lowest BCUT2D eigenvalue weighted by molar-refractivity contribution is -0.123. The number of aliphatic hydroxyl groups is 1. The van der Waals surface area contributed by atoms with Crippen molar-refractivity contribution in [3.63, 3.8) is 0 Å². The molecule has 0 aromatic heterocycles. The average Bonchev–Trinajstić information content (AvgIpc) is 3.07. The number of unbranched alkanes of at least 4 members (excludes halogenated alkanes) is 19. The van der Waals surface area contributed by atoms with Crippen LogP contribution in [0.15, 0.2) is 48.6 Å². The van der Waals surface area contributed by atoms with Crippen LogP contribution in [0.3, 0.4) is 0 Å². The highest BCUT2D eigenvalue weighted by Crippen LogP contribution is 2.36. The highest BCUT2D eigenvalue weighted by molar-refractivity contribution is 7.46. The molecule has 0 bridgehead atoms. The zero-order valence-electron chi connectivity index (χ0n) is 31.6. The highest BCUT2D eigenvalue weighted by Gasteiger charge is 2.25. The number of carbonyl (C=O) groups is 1. The van der Waals surface area contributed by atoms with Crippen LogP contribution in [0.5, 0.6) is 0 Å². The SMILES string of the molecule is CCCCCCCCC/C=C\C/C=C\C/C=C\C/C=C\CCCC(=O)N[C@@H](COP(=O)(O)O)[C@H](O)CCCCCCCCCCCCCC. The minimum absolute atomic E-state index is 0.249. The van der Waals surface area contributed by atoms with Gasteiger partial charge in [-0.1, -0.05) is 178 Å². The van der Waals surface area contributed by atoms with Crippen LogP contribution in [-0.2, 0) is 13.9 Å². The van der Waals surface area contributed by atoms with Gasteiger partial charge in [0.05, 0.1) is 18.8 Å². The van der Waals surface area contributed by atoms with Crippen LogP contribution in [0.2, 0.25) is 0 Å². The largest absolute Gasteiger partial charge is 0.469 e. The molecule has 0 aliphatic carbocycles. The van der Waals surface area contributed by atoms with E-state index in [4.69, 9.17) is 9.79 Å². The van der Waals surface area contributed by atoms with Gasteiger partial charge in [-0.3, -0.25) is 9.32 Å². The molecule has 8 heteroatoms. The van der Waals surface area contributed by atoms with Crippen LogP contribution >= 0.6 is 7.82 Å². The first-order valence-corrected chi connectivity index (χ1v) is 21.6. The van der Waals surface area contributed by atoms with Crippen molar-refractivity contribution in [2.45, 2.75) is 199 Å². The lowest BCUT2D eigenvalue weighted by Crippen LogP contribution is -2.46. The maximum atomic E-state index is 12.5. The Hall–Kier alpha value is -1.50. The molecule has 0 unspecified atom stereocenters. The Kier molecular flexibility index (Phi) is 35.2. The first-order chi connectivity index (χ1) is 23.8. The number of amides is 1. The Morgan fingerprint density at radius 1 is 0.592 bits per heavy atom. The molecular formula is C41H76NO6P. The molecule has 0 aromatic carbocycles. The molecule has 286 valence electrons. The van der Waals surface area contributed by atoms with Crippen LogP contribution in [0.25, 0.3) is 0 Å². The number of allylic oxidation sites excluding steroid dienone is 8. The van der Waals surface area contributed by atoms with Crippen molar-refractivity contribution in [3.8, 4) is 0 Å². The molecule has 0 aliphatic rings. The number of phosphoric ester groups is 1. The van der Waals surface area contributed by atoms with Gasteiger partial charge in [0.25, 0.3) is 0 Å². The van der Waals surface area contributed by atoms with E-state index in [1.54, 1.807) is 0 Å². The van der Waals surface area contributed by atoms with Gasteiger partial charge in [-0.25, -0.2) is 4.57 Å². The molecule has 2 atom stereocenters. The fraction of sp³-hybridized carbons (Fsp3) is 0.780. The molecule has 0 spiro atoms. The van der Waals surface area contributed by atoms with Crippen LogP contribution in [-0.4, -0.2) is 39.6 Å². The molecule has 7 nitrogen and oxygen atoms in total. The predicted octanol–water partition coefficient (Wildman–Crippen LogP) is 11.7. The summed E-state index contributed by atoms with van der Waals surface area (Å²) in [6.45, 7) is 4.08. The van der Waals surface area contributed by atoms with E-state index in [0.29, 0.717) is 12.8 Å². The monoisotopic (exact) mass is 710 g/mol. The van der Waals surface area contributed by atoms with Gasteiger partial charge in [0.15, 0.2) is 0 Å². The molecule has 4 N–H and O–H groups in total. The maximum absolute atomic E-state index is 12.5. The van der Waals surface area contributed by atoms with Crippen molar-refractivity contribution in [2.75, 3.05) is 6.61 Å². The van der Waals surface area contributed by atoms with E-state index in [-0.39, 0.29) is 12.3 Å². The summed E-state index contributed by atoms with van der Waals surface area (Å²) in [5.41, 5.74) is 0. The summed E-state index contributed by atoms with van der Waals surface area (Å²) in [6.07, 6.45) is 46.7. The third-order valence-corrected chi connectivity index (χ3v) is 9.30. The molecule has 0 saturated heterocycles. The minimum atomic E-state index is -4.70. The Bertz CT molecular complexity index is 896. The van der Waals surface area contributed by atoms with E-state index < -0.39 is 26.6 Å². The summed E-state index contributed by atoms with van der Waals surface area (Å²) in [5, 5.41) is 13.4. The Labute approximate surface area is 301 Å². The van der Waals surface area contributed by atoms with E-state index in [9.17, 15) is 14.5 Å². The molecule has 49 heavy (non-hydrogen) atoms. The van der Waals surface area contributed by atoms with Crippen LogP contribution in [0.1, 0.15) is 187 Å². The molecule has 0 radical (unpaired) electrons. The molecule has 0 saturated carbocycles. The number of carbonyl (C=O) groups excluding carboxylic acids is 1. The standard InChI is InChI=1S/C41H76NO6P/c1-3-5-7-9-11-13-15-17-18-19-20-21-22-23-24-25-27-29-31-33-35-37-41(44)42-39(38-48-49(45,46)47)40(43)36-34-32-30-28-26-16-14-12-10-8-6-4-2/h18-19,21-22,24-25,29,31,39-40,43H,3-17,20,23,26-28,30,32-38H2,1-2H3,(H,42,44)(H2,45,46,47)/b19-18-,22-21-,25-24-,31-29-/t39-,40+/m0/s1. The van der Waals surface area contributed by atoms with Crippen molar-refractivity contribution in [1.82, 2.24) is 5.32 Å². The van der Waals surface area contributed by atoms with Gasteiger partial charge in [-0.15, -0.1) is 0 Å². The number of hydrogen-bond donors (Lipinski definition) is 4. The molecule has 0 aliphatic heterocycles. The van der Waals surface area contributed by atoms with Gasteiger partial charge < -0.3 is 20.2 Å². The maximum Gasteiger partial charge on any atom is 0.469 e. The van der Waals surface area contributed by atoms with Crippen LogP contribution < -0.4 is 5.32 Å². The Morgan fingerprint density at radius 2 is 0.980 bits per heavy atom. The number of hydrogen-bond acceptors (Lipinski definition) is 4. The molecule has 1 amide bonds. The third-order valence-electron chi connectivity index (χ3n) is 8.82. The fourth-order valence-electron chi connectivity index (χ4n) is 5.75. The van der Waals surface area contributed by atoms with Gasteiger partial charge in [-0.2, -0.15) is 0 Å². The first-order valence-electron chi connectivity index (χ1n) is 20.1. The zero-order chi connectivity index (χ0) is 36.1. The first kappa shape index (κ1) is 47.5. The van der Waals surface area contributed by atoms with E-state index in [2.05, 4.69) is 72.3 Å². The molecule has 0 fully saturated rings. The molecule has 0 heterocycles. The van der Waals surface area contributed by atoms with Gasteiger partial charge in [-0.05, 0) is 51.4 Å². The average molecular weight is 710 g/mol. The van der Waals surface area contributed by atoms with E-state index in [0.717, 1.165) is 44.9 Å². The van der Waals surface area contributed by atoms with E-state index in [1.807, 2.05) is 0 Å². The van der Waals surface area contributed by atoms with Crippen molar-refractivity contribution in [3.05, 3.63) is 48.6 Å². The summed E-state index contributed by atoms with van der Waals surface area (Å²) in [6, 6.07) is -0.853. The molecule has 0 aromatic rings. The minimum Gasteiger partial charge on any atom is -0.391 e. The van der Waals surface area contributed by atoms with E-state index >= 15 is 0 Å². The van der Waals surface area contributed by atoms with E-state index in [1.165, 1.54) is 109 Å². The molecular weight excluding hydrogens is 633 g/mol. The van der Waals surface area contributed by atoms with Crippen molar-refractivity contribution >= 4 is 13.7 Å². The second kappa shape index (κ2) is 36.3. The second-order valence-corrected chi connectivity index (χ2v) is 14.8. The van der Waals surface area contributed by atoms with Crippen LogP contribution in [0, 0.1) is 0 Å². The van der Waals surface area contributed by atoms with Crippen LogP contribution in [0.4, 0.5) is 0 Å². The molecule has 0 rings (SSSR count). The topological polar surface area (TPSA) is 116 Å². The smallest absolute Gasteiger partial charge is 0.391 e. The summed E-state index contributed by atoms with van der Waals surface area (Å²) >= 11 is 0. The number of aliphatic hydroxyl groups excluding tert-OH is 1. The van der Waals surface area contributed by atoms with Crippen molar-refractivity contribution in [2.24, 2.45) is 0 Å². The summed E-state index contributed by atoms with van der Waals surface area (Å²) in [4.78, 5) is 30.8. The number of phosphoric acid groups is 1. The van der Waals surface area contributed by atoms with Gasteiger partial charge in [0, 0.05) is 6.42 Å². The number of rotatable bonds is 36. The lowest BCUT2D eigenvalue weighted by atomic mass is 10.0. The van der Waals surface area contributed by atoms with Crippen molar-refractivity contribution in [1.29, 1.82) is 0 Å². The van der Waals surface area contributed by atoms with Gasteiger partial charge in [0.1, 0.15) is 0 Å². The lowest BCUT2D eigenvalue weighted by Gasteiger charge is -2.24. The summed E-state index contributed by atoms with van der Waals surface area (Å²) in [7, 11) is -4.70. The van der Waals surface area contributed by atoms with Gasteiger partial charge >= 0.3 is 7.82 Å². The highest BCUT2D eigenvalue weighted by atomic mass is 31.2. The summed E-state index contributed by atoms with van der Waals surface area (Å²) < 4.78 is 15.9. The quantitative estimate of drug-likeness (QED) is 0.0292. The van der Waals surface area contributed by atoms with Gasteiger partial charge in [0.2, 0.25) is 5.91 Å².